The van der Waals surface area contributed by atoms with Crippen molar-refractivity contribution in [1.82, 2.24) is 10.6 Å². The van der Waals surface area contributed by atoms with Crippen molar-refractivity contribution < 1.29 is 22.8 Å². The molecule has 1 saturated carbocycles. The van der Waals surface area contributed by atoms with Crippen molar-refractivity contribution in [3.05, 3.63) is 72.6 Å². The van der Waals surface area contributed by atoms with E-state index in [-0.39, 0.29) is 32.1 Å². The summed E-state index contributed by atoms with van der Waals surface area (Å²) in [4.78, 5) is 24.9. The number of benzene rings is 2. The Balaban J connectivity index is 1.81. The van der Waals surface area contributed by atoms with Crippen LogP contribution in [0.15, 0.2) is 40.9 Å². The first-order valence-corrected chi connectivity index (χ1v) is 12.1. The number of carbonyl (C=O) groups is 2. The highest BCUT2D eigenvalue weighted by atomic mass is 79.9. The van der Waals surface area contributed by atoms with E-state index in [0.717, 1.165) is 18.2 Å². The first kappa shape index (κ1) is 26.9. The van der Waals surface area contributed by atoms with E-state index < -0.39 is 23.5 Å². The van der Waals surface area contributed by atoms with Crippen LogP contribution >= 0.6 is 50.7 Å². The normalized spacial score (nSPS) is 15.8. The number of allylic oxidation sites excluding steroid dienone is 1. The van der Waals surface area contributed by atoms with Crippen molar-refractivity contribution in [2.24, 2.45) is 0 Å². The third kappa shape index (κ3) is 6.08. The average molecular weight is 599 g/mol. The number of likely N-dealkylation sites (N-methyl/N-ethyl adjacent to an activating group) is 1. The Morgan fingerprint density at radius 3 is 2.26 bits per heavy atom. The zero-order valence-electron chi connectivity index (χ0n) is 17.7. The first-order valence-electron chi connectivity index (χ1n) is 10.2. The lowest BCUT2D eigenvalue weighted by Gasteiger charge is -2.18. The van der Waals surface area contributed by atoms with Gasteiger partial charge in [-0.1, -0.05) is 53.0 Å². The van der Waals surface area contributed by atoms with Gasteiger partial charge in [-0.2, -0.15) is 13.2 Å². The summed E-state index contributed by atoms with van der Waals surface area (Å²) in [5.74, 6) is -2.67. The molecule has 2 amide bonds. The zero-order chi connectivity index (χ0) is 25.3. The number of alkyl halides is 3. The van der Waals surface area contributed by atoms with E-state index in [1.165, 1.54) is 24.3 Å². The number of hydrogen-bond acceptors (Lipinski definition) is 2. The van der Waals surface area contributed by atoms with Gasteiger partial charge in [0, 0.05) is 11.0 Å². The minimum atomic E-state index is -4.61. The minimum absolute atomic E-state index is 0.0186. The molecule has 1 atom stereocenters. The van der Waals surface area contributed by atoms with Crippen LogP contribution in [0.2, 0.25) is 15.1 Å². The number of halogens is 7. The molecule has 1 aliphatic rings. The molecule has 1 unspecified atom stereocenters. The second-order valence-corrected chi connectivity index (χ2v) is 9.86. The minimum Gasteiger partial charge on any atom is -0.354 e. The maximum Gasteiger partial charge on any atom is 0.399 e. The van der Waals surface area contributed by atoms with Crippen molar-refractivity contribution in [2.45, 2.75) is 37.4 Å². The van der Waals surface area contributed by atoms with Gasteiger partial charge in [0.05, 0.1) is 26.5 Å². The molecule has 0 radical (unpaired) electrons. The second kappa shape index (κ2) is 10.5. The lowest BCUT2D eigenvalue weighted by Crippen LogP contribution is -2.49. The molecule has 4 nitrogen and oxygen atoms in total. The third-order valence-corrected chi connectivity index (χ3v) is 7.16. The van der Waals surface area contributed by atoms with Gasteiger partial charge >= 0.3 is 6.18 Å². The SMILES string of the molecule is CCNC(=O)C1(NC(=O)c2ccc(/C=C/C(c3cc(Cl)c(Cl)c(Cl)c3)C(F)(F)F)cc2Br)CC1. The van der Waals surface area contributed by atoms with E-state index in [9.17, 15) is 22.8 Å². The molecule has 0 heterocycles. The maximum atomic E-state index is 13.7. The Labute approximate surface area is 218 Å². The van der Waals surface area contributed by atoms with Crippen LogP contribution in [-0.4, -0.2) is 30.1 Å². The molecule has 1 aliphatic carbocycles. The average Bonchev–Trinajstić information content (AvgIpc) is 3.52. The van der Waals surface area contributed by atoms with Crippen LogP contribution in [0, 0.1) is 0 Å². The third-order valence-electron chi connectivity index (χ3n) is 5.31. The van der Waals surface area contributed by atoms with Gasteiger partial charge in [-0.3, -0.25) is 9.59 Å². The first-order chi connectivity index (χ1) is 15.9. The Bertz CT molecular complexity index is 1130. The van der Waals surface area contributed by atoms with Crippen molar-refractivity contribution in [3.63, 3.8) is 0 Å². The molecule has 0 saturated heterocycles. The highest BCUT2D eigenvalue weighted by Gasteiger charge is 2.51. The number of rotatable bonds is 7. The summed E-state index contributed by atoms with van der Waals surface area (Å²) in [7, 11) is 0. The summed E-state index contributed by atoms with van der Waals surface area (Å²) < 4.78 is 41.6. The van der Waals surface area contributed by atoms with E-state index in [0.29, 0.717) is 29.4 Å². The predicted octanol–water partition coefficient (Wildman–Crippen LogP) is 7.17. The highest BCUT2D eigenvalue weighted by molar-refractivity contribution is 9.10. The van der Waals surface area contributed by atoms with Gasteiger partial charge < -0.3 is 10.6 Å². The molecule has 182 valence electrons. The summed E-state index contributed by atoms with van der Waals surface area (Å²) >= 11 is 21.0. The van der Waals surface area contributed by atoms with E-state index in [4.69, 9.17) is 34.8 Å². The van der Waals surface area contributed by atoms with Crippen LogP contribution < -0.4 is 10.6 Å². The number of nitrogens with one attached hydrogen (secondary N) is 2. The lowest BCUT2D eigenvalue weighted by atomic mass is 9.97. The largest absolute Gasteiger partial charge is 0.399 e. The Kier molecular flexibility index (Phi) is 8.28. The summed E-state index contributed by atoms with van der Waals surface area (Å²) in [6, 6.07) is 6.77. The molecule has 2 aromatic rings. The lowest BCUT2D eigenvalue weighted by molar-refractivity contribution is -0.139. The van der Waals surface area contributed by atoms with Gasteiger partial charge in [0.25, 0.3) is 5.91 Å². The van der Waals surface area contributed by atoms with Gasteiger partial charge in [0.2, 0.25) is 5.91 Å². The van der Waals surface area contributed by atoms with E-state index in [1.807, 2.05) is 0 Å². The smallest absolute Gasteiger partial charge is 0.354 e. The second-order valence-electron chi connectivity index (χ2n) is 7.81. The summed E-state index contributed by atoms with van der Waals surface area (Å²) in [5, 5.41) is 5.28. The molecule has 2 aromatic carbocycles. The summed E-state index contributed by atoms with van der Waals surface area (Å²) in [6.07, 6.45) is -1.25. The van der Waals surface area contributed by atoms with Crippen LogP contribution in [0.4, 0.5) is 13.2 Å². The molecule has 3 rings (SSSR count). The van der Waals surface area contributed by atoms with Crippen LogP contribution in [0.1, 0.15) is 47.2 Å². The van der Waals surface area contributed by atoms with Gasteiger partial charge in [-0.25, -0.2) is 0 Å². The van der Waals surface area contributed by atoms with Gasteiger partial charge in [-0.05, 0) is 71.1 Å². The molecule has 0 spiro atoms. The molecular formula is C23H19BrCl3F3N2O2. The Hall–Kier alpha value is -1.74. The standard InChI is InChI=1S/C23H19BrCl3F3N2O2/c1-2-31-21(34)22(7-8-22)32-20(33)14-5-3-12(9-16(14)24)4-6-15(23(28,29)30)13-10-17(25)19(27)18(26)11-13/h3-6,9-11,15H,2,7-8H2,1H3,(H,31,34)(H,32,33)/b6-4+. The van der Waals surface area contributed by atoms with Crippen molar-refractivity contribution in [2.75, 3.05) is 6.54 Å². The topological polar surface area (TPSA) is 58.2 Å². The summed E-state index contributed by atoms with van der Waals surface area (Å²) in [5.41, 5.74) is -0.380. The fourth-order valence-electron chi connectivity index (χ4n) is 3.34. The highest BCUT2D eigenvalue weighted by Crippen LogP contribution is 2.41. The molecule has 0 aliphatic heterocycles. The molecule has 1 fully saturated rings. The van der Waals surface area contributed by atoms with E-state index in [1.54, 1.807) is 6.92 Å². The maximum absolute atomic E-state index is 13.7. The molecule has 2 N–H and O–H groups in total. The van der Waals surface area contributed by atoms with Crippen LogP contribution in [-0.2, 0) is 4.79 Å². The van der Waals surface area contributed by atoms with Gasteiger partial charge in [0.1, 0.15) is 5.54 Å². The van der Waals surface area contributed by atoms with E-state index in [2.05, 4.69) is 26.6 Å². The van der Waals surface area contributed by atoms with Crippen molar-refractivity contribution in [1.29, 1.82) is 0 Å². The number of carbonyl (C=O) groups excluding carboxylic acids is 2. The number of hydrogen-bond donors (Lipinski definition) is 2. The number of amides is 2. The van der Waals surface area contributed by atoms with Crippen LogP contribution in [0.3, 0.4) is 0 Å². The Morgan fingerprint density at radius 2 is 1.76 bits per heavy atom. The van der Waals surface area contributed by atoms with Crippen molar-refractivity contribution >= 4 is 68.6 Å². The molecule has 0 aromatic heterocycles. The quantitative estimate of drug-likeness (QED) is 0.332. The summed E-state index contributed by atoms with van der Waals surface area (Å²) in [6.45, 7) is 2.24. The fraction of sp³-hybridized carbons (Fsp3) is 0.304. The zero-order valence-corrected chi connectivity index (χ0v) is 21.6. The molecule has 11 heteroatoms. The van der Waals surface area contributed by atoms with Gasteiger partial charge in [0.15, 0.2) is 0 Å². The fourth-order valence-corrected chi connectivity index (χ4v) is 4.53. The predicted molar refractivity (Wildman–Crippen MR) is 132 cm³/mol. The monoisotopic (exact) mass is 596 g/mol. The van der Waals surface area contributed by atoms with Crippen LogP contribution in [0.25, 0.3) is 6.08 Å². The van der Waals surface area contributed by atoms with E-state index >= 15 is 0 Å². The van der Waals surface area contributed by atoms with Crippen LogP contribution in [0.5, 0.6) is 0 Å². The Morgan fingerprint density at radius 1 is 1.15 bits per heavy atom. The van der Waals surface area contributed by atoms with Crippen molar-refractivity contribution in [3.8, 4) is 0 Å². The molecular weight excluding hydrogens is 580 g/mol. The van der Waals surface area contributed by atoms with Gasteiger partial charge in [-0.15, -0.1) is 0 Å². The molecule has 0 bridgehead atoms. The molecule has 34 heavy (non-hydrogen) atoms.